The molecule has 13 heavy (non-hydrogen) atoms. The monoisotopic (exact) mass is 179 g/mol. The van der Waals surface area contributed by atoms with Crippen molar-refractivity contribution < 1.29 is 4.79 Å². The van der Waals surface area contributed by atoms with Crippen LogP contribution in [0.4, 0.5) is 0 Å². The van der Waals surface area contributed by atoms with Crippen LogP contribution in [-0.4, -0.2) is 23.4 Å². The molecular formula is C11H17NO. The molecule has 2 unspecified atom stereocenters. The molecule has 1 heterocycles. The van der Waals surface area contributed by atoms with E-state index in [1.54, 1.807) is 6.08 Å². The van der Waals surface area contributed by atoms with Gasteiger partial charge in [-0.2, -0.15) is 0 Å². The molecule has 1 saturated heterocycles. The highest BCUT2D eigenvalue weighted by Crippen LogP contribution is 2.37. The van der Waals surface area contributed by atoms with Gasteiger partial charge in [-0.1, -0.05) is 13.0 Å². The van der Waals surface area contributed by atoms with Crippen molar-refractivity contribution in [1.82, 2.24) is 4.90 Å². The maximum atomic E-state index is 11.6. The van der Waals surface area contributed by atoms with Gasteiger partial charge in [0.1, 0.15) is 0 Å². The van der Waals surface area contributed by atoms with Crippen LogP contribution in [0.15, 0.2) is 12.2 Å². The van der Waals surface area contributed by atoms with Crippen LogP contribution >= 0.6 is 0 Å². The Morgan fingerprint density at radius 3 is 2.92 bits per heavy atom. The highest BCUT2D eigenvalue weighted by atomic mass is 16.2. The van der Waals surface area contributed by atoms with E-state index >= 15 is 0 Å². The maximum absolute atomic E-state index is 11.6. The summed E-state index contributed by atoms with van der Waals surface area (Å²) in [7, 11) is 0. The fraction of sp³-hybridized carbons (Fsp3) is 0.727. The lowest BCUT2D eigenvalue weighted by Crippen LogP contribution is -2.36. The lowest BCUT2D eigenvalue weighted by molar-refractivity contribution is -0.127. The van der Waals surface area contributed by atoms with Crippen molar-refractivity contribution in [1.29, 1.82) is 0 Å². The molecule has 2 aliphatic rings. The molecule has 72 valence electrons. The number of carbonyl (C=O) groups is 1. The molecule has 0 N–H and O–H groups in total. The van der Waals surface area contributed by atoms with Gasteiger partial charge in [-0.05, 0) is 37.7 Å². The molecule has 1 saturated carbocycles. The molecule has 1 aliphatic carbocycles. The van der Waals surface area contributed by atoms with Crippen LogP contribution in [0.5, 0.6) is 0 Å². The van der Waals surface area contributed by atoms with Gasteiger partial charge in [-0.25, -0.2) is 0 Å². The number of piperidine rings is 1. The number of nitrogens with zero attached hydrogens (tertiary/aromatic N) is 1. The molecule has 0 radical (unpaired) electrons. The lowest BCUT2D eigenvalue weighted by Gasteiger charge is -2.25. The van der Waals surface area contributed by atoms with Crippen molar-refractivity contribution in [2.24, 2.45) is 5.92 Å². The number of amides is 1. The van der Waals surface area contributed by atoms with Gasteiger partial charge >= 0.3 is 0 Å². The van der Waals surface area contributed by atoms with E-state index in [-0.39, 0.29) is 5.91 Å². The van der Waals surface area contributed by atoms with E-state index in [2.05, 4.69) is 11.8 Å². The van der Waals surface area contributed by atoms with Crippen LogP contribution in [0.1, 0.15) is 32.6 Å². The molecule has 2 fully saturated rings. The number of carbonyl (C=O) groups excluding carboxylic acids is 1. The van der Waals surface area contributed by atoms with Crippen LogP contribution in [0.3, 0.4) is 0 Å². The van der Waals surface area contributed by atoms with Crippen molar-refractivity contribution in [2.45, 2.75) is 38.6 Å². The number of hydrogen-bond donors (Lipinski definition) is 0. The third-order valence-corrected chi connectivity index (χ3v) is 3.19. The minimum atomic E-state index is 0.231. The van der Waals surface area contributed by atoms with E-state index in [9.17, 15) is 4.79 Å². The van der Waals surface area contributed by atoms with Gasteiger partial charge in [0.15, 0.2) is 0 Å². The van der Waals surface area contributed by atoms with E-state index in [1.807, 2.05) is 6.08 Å². The Balaban J connectivity index is 1.95. The Kier molecular flexibility index (Phi) is 2.38. The first-order valence-corrected chi connectivity index (χ1v) is 5.28. The Bertz CT molecular complexity index is 234. The minimum absolute atomic E-state index is 0.231. The van der Waals surface area contributed by atoms with Gasteiger partial charge in [-0.3, -0.25) is 4.79 Å². The topological polar surface area (TPSA) is 20.3 Å². The summed E-state index contributed by atoms with van der Waals surface area (Å²) in [5.41, 5.74) is 0. The van der Waals surface area contributed by atoms with Crippen LogP contribution in [0.2, 0.25) is 0 Å². The first kappa shape index (κ1) is 8.79. The van der Waals surface area contributed by atoms with Gasteiger partial charge in [0.25, 0.3) is 0 Å². The molecule has 2 heteroatoms. The Labute approximate surface area is 79.6 Å². The second kappa shape index (κ2) is 3.52. The quantitative estimate of drug-likeness (QED) is 0.593. The summed E-state index contributed by atoms with van der Waals surface area (Å²) in [6, 6.07) is 0.569. The van der Waals surface area contributed by atoms with Crippen LogP contribution in [-0.2, 0) is 4.79 Å². The van der Waals surface area contributed by atoms with Crippen LogP contribution in [0, 0.1) is 5.92 Å². The normalized spacial score (nSPS) is 31.9. The van der Waals surface area contributed by atoms with Gasteiger partial charge in [0.2, 0.25) is 5.91 Å². The first-order chi connectivity index (χ1) is 6.31. The molecule has 1 aliphatic heterocycles. The summed E-state index contributed by atoms with van der Waals surface area (Å²) in [4.78, 5) is 13.7. The van der Waals surface area contributed by atoms with Gasteiger partial charge in [0.05, 0.1) is 0 Å². The van der Waals surface area contributed by atoms with Crippen LogP contribution in [0.25, 0.3) is 0 Å². The second-order valence-corrected chi connectivity index (χ2v) is 4.13. The molecule has 2 bridgehead atoms. The number of allylic oxidation sites excluding steroid dienone is 1. The molecule has 1 amide bonds. The van der Waals surface area contributed by atoms with E-state index < -0.39 is 0 Å². The van der Waals surface area contributed by atoms with Crippen molar-refractivity contribution in [2.75, 3.05) is 6.54 Å². The third-order valence-electron chi connectivity index (χ3n) is 3.19. The second-order valence-electron chi connectivity index (χ2n) is 4.13. The van der Waals surface area contributed by atoms with Gasteiger partial charge < -0.3 is 4.90 Å². The Morgan fingerprint density at radius 1 is 1.54 bits per heavy atom. The predicted octanol–water partition coefficient (Wildman–Crippen LogP) is 1.96. The summed E-state index contributed by atoms with van der Waals surface area (Å²) < 4.78 is 0. The molecule has 2 atom stereocenters. The highest BCUT2D eigenvalue weighted by Gasteiger charge is 2.39. The molecule has 2 rings (SSSR count). The molecule has 2 nitrogen and oxygen atoms in total. The average Bonchev–Trinajstić information content (AvgIpc) is 2.74. The third kappa shape index (κ3) is 1.62. The number of likely N-dealkylation sites (tertiary alicyclic amines) is 1. The molecule has 0 aromatic carbocycles. The SMILES string of the molecule is CC/C=C/C(=O)N1CC2CCC1C2. The van der Waals surface area contributed by atoms with E-state index in [0.717, 1.165) is 18.9 Å². The van der Waals surface area contributed by atoms with E-state index in [1.165, 1.54) is 19.3 Å². The highest BCUT2D eigenvalue weighted by molar-refractivity contribution is 5.88. The smallest absolute Gasteiger partial charge is 0.246 e. The van der Waals surface area contributed by atoms with Crippen molar-refractivity contribution in [3.63, 3.8) is 0 Å². The summed E-state index contributed by atoms with van der Waals surface area (Å²) in [5.74, 6) is 1.04. The summed E-state index contributed by atoms with van der Waals surface area (Å²) in [6.45, 7) is 3.07. The minimum Gasteiger partial charge on any atom is -0.336 e. The Hall–Kier alpha value is -0.790. The summed E-state index contributed by atoms with van der Waals surface area (Å²) in [5, 5.41) is 0. The molecule has 0 aromatic rings. The number of rotatable bonds is 2. The lowest BCUT2D eigenvalue weighted by atomic mass is 10.1. The van der Waals surface area contributed by atoms with Crippen molar-refractivity contribution in [3.05, 3.63) is 12.2 Å². The zero-order valence-corrected chi connectivity index (χ0v) is 8.20. The standard InChI is InChI=1S/C11H17NO/c1-2-3-4-11(13)12-8-9-5-6-10(12)7-9/h3-4,9-10H,2,5-8H2,1H3/b4-3+. The average molecular weight is 179 g/mol. The van der Waals surface area contributed by atoms with E-state index in [4.69, 9.17) is 0 Å². The zero-order chi connectivity index (χ0) is 9.26. The Morgan fingerprint density at radius 2 is 2.38 bits per heavy atom. The van der Waals surface area contributed by atoms with Gasteiger partial charge in [-0.15, -0.1) is 0 Å². The van der Waals surface area contributed by atoms with Crippen LogP contribution < -0.4 is 0 Å². The first-order valence-electron chi connectivity index (χ1n) is 5.28. The molecular weight excluding hydrogens is 162 g/mol. The summed E-state index contributed by atoms with van der Waals surface area (Å²) >= 11 is 0. The zero-order valence-electron chi connectivity index (χ0n) is 8.20. The van der Waals surface area contributed by atoms with Crippen molar-refractivity contribution in [3.8, 4) is 0 Å². The fourth-order valence-electron chi connectivity index (χ4n) is 2.51. The van der Waals surface area contributed by atoms with Gasteiger partial charge in [0, 0.05) is 12.6 Å². The number of fused-ring (bicyclic) bond motifs is 2. The maximum Gasteiger partial charge on any atom is 0.246 e. The van der Waals surface area contributed by atoms with E-state index in [0.29, 0.717) is 6.04 Å². The van der Waals surface area contributed by atoms with Crippen molar-refractivity contribution >= 4 is 5.91 Å². The molecule has 0 aromatic heterocycles. The number of hydrogen-bond acceptors (Lipinski definition) is 1. The fourth-order valence-corrected chi connectivity index (χ4v) is 2.51. The molecule has 0 spiro atoms. The largest absolute Gasteiger partial charge is 0.336 e. The summed E-state index contributed by atoms with van der Waals surface area (Å²) in [6.07, 6.45) is 8.47. The predicted molar refractivity (Wildman–Crippen MR) is 52.3 cm³/mol.